The summed E-state index contributed by atoms with van der Waals surface area (Å²) in [4.78, 5) is 11.5. The molecule has 160 valence electrons. The third-order valence-electron chi connectivity index (χ3n) is 5.33. The van der Waals surface area contributed by atoms with Crippen LogP contribution in [0.1, 0.15) is 38.8 Å². The number of hydrogen-bond donors (Lipinski definition) is 1. The zero-order valence-corrected chi connectivity index (χ0v) is 20.1. The van der Waals surface area contributed by atoms with Crippen LogP contribution in [0, 0.1) is 5.92 Å². The average Bonchev–Trinajstić information content (AvgIpc) is 3.23. The molecule has 0 saturated carbocycles. The molecule has 2 unspecified atom stereocenters. The maximum absolute atomic E-state index is 5.60. The molecule has 2 atom stereocenters. The number of aromatic nitrogens is 2. The number of ether oxygens (including phenoxy) is 1. The van der Waals surface area contributed by atoms with Crippen LogP contribution in [0.15, 0.2) is 48.0 Å². The van der Waals surface area contributed by atoms with Crippen LogP contribution in [-0.2, 0) is 6.42 Å². The minimum atomic E-state index is 0. The molecule has 0 aliphatic carbocycles. The van der Waals surface area contributed by atoms with Crippen molar-refractivity contribution in [2.45, 2.75) is 39.7 Å². The van der Waals surface area contributed by atoms with Crippen molar-refractivity contribution in [3.8, 4) is 5.75 Å². The van der Waals surface area contributed by atoms with Crippen molar-refractivity contribution < 1.29 is 4.74 Å². The normalized spacial score (nSPS) is 19.6. The van der Waals surface area contributed by atoms with Crippen molar-refractivity contribution in [2.75, 3.05) is 32.8 Å². The quantitative estimate of drug-likeness (QED) is 0.347. The van der Waals surface area contributed by atoms with E-state index in [1.807, 2.05) is 25.5 Å². The number of rotatable bonds is 7. The van der Waals surface area contributed by atoms with E-state index < -0.39 is 0 Å². The van der Waals surface area contributed by atoms with Gasteiger partial charge in [-0.15, -0.1) is 24.0 Å². The Bertz CT molecular complexity index is 749. The molecule has 2 heterocycles. The Morgan fingerprint density at radius 3 is 2.93 bits per heavy atom. The van der Waals surface area contributed by atoms with Gasteiger partial charge in [-0.05, 0) is 50.3 Å². The van der Waals surface area contributed by atoms with Gasteiger partial charge in [0.15, 0.2) is 5.96 Å². The summed E-state index contributed by atoms with van der Waals surface area (Å²) in [5.74, 6) is 2.58. The van der Waals surface area contributed by atoms with Gasteiger partial charge >= 0.3 is 0 Å². The van der Waals surface area contributed by atoms with Gasteiger partial charge in [-0.2, -0.15) is 0 Å². The fourth-order valence-electron chi connectivity index (χ4n) is 3.77. The van der Waals surface area contributed by atoms with Gasteiger partial charge in [-0.3, -0.25) is 4.99 Å². The number of halogens is 1. The Morgan fingerprint density at radius 1 is 1.34 bits per heavy atom. The van der Waals surface area contributed by atoms with E-state index >= 15 is 0 Å². The van der Waals surface area contributed by atoms with E-state index in [-0.39, 0.29) is 24.0 Å². The minimum absolute atomic E-state index is 0. The van der Waals surface area contributed by atoms with Crippen LogP contribution >= 0.6 is 24.0 Å². The lowest BCUT2D eigenvalue weighted by Gasteiger charge is -2.39. The minimum Gasteiger partial charge on any atom is -0.494 e. The lowest BCUT2D eigenvalue weighted by molar-refractivity contribution is 0.189. The van der Waals surface area contributed by atoms with Crippen molar-refractivity contribution >= 4 is 29.9 Å². The molecule has 1 saturated heterocycles. The second-order valence-corrected chi connectivity index (χ2v) is 7.36. The van der Waals surface area contributed by atoms with E-state index in [1.54, 1.807) is 0 Å². The van der Waals surface area contributed by atoms with E-state index in [0.717, 1.165) is 50.7 Å². The molecule has 1 aliphatic heterocycles. The van der Waals surface area contributed by atoms with E-state index in [0.29, 0.717) is 18.6 Å². The fraction of sp³-hybridized carbons (Fsp3) is 0.545. The molecule has 0 bridgehead atoms. The van der Waals surface area contributed by atoms with Crippen LogP contribution in [0.4, 0.5) is 0 Å². The van der Waals surface area contributed by atoms with Gasteiger partial charge in [0.25, 0.3) is 0 Å². The first-order valence-electron chi connectivity index (χ1n) is 10.4. The number of imidazole rings is 1. The summed E-state index contributed by atoms with van der Waals surface area (Å²) < 4.78 is 7.84. The van der Waals surface area contributed by atoms with Gasteiger partial charge in [0, 0.05) is 38.6 Å². The van der Waals surface area contributed by atoms with Crippen molar-refractivity contribution in [1.29, 1.82) is 0 Å². The first-order valence-corrected chi connectivity index (χ1v) is 10.4. The van der Waals surface area contributed by atoms with Gasteiger partial charge in [0.05, 0.1) is 19.0 Å². The number of nitrogens with zero attached hydrogens (tertiary/aromatic N) is 4. The van der Waals surface area contributed by atoms with Crippen LogP contribution in [0.25, 0.3) is 0 Å². The second kappa shape index (κ2) is 12.0. The zero-order chi connectivity index (χ0) is 19.8. The van der Waals surface area contributed by atoms with Crippen molar-refractivity contribution in [2.24, 2.45) is 10.9 Å². The van der Waals surface area contributed by atoms with Gasteiger partial charge in [0.1, 0.15) is 5.75 Å². The number of guanidine groups is 1. The monoisotopic (exact) mass is 511 g/mol. The number of aliphatic imine (C=N–C) groups is 1. The van der Waals surface area contributed by atoms with E-state index in [1.165, 1.54) is 5.56 Å². The molecule has 1 N–H and O–H groups in total. The Hall–Kier alpha value is -1.77. The van der Waals surface area contributed by atoms with Gasteiger partial charge in [0.2, 0.25) is 0 Å². The summed E-state index contributed by atoms with van der Waals surface area (Å²) in [6.45, 7) is 10.8. The second-order valence-electron chi connectivity index (χ2n) is 7.36. The smallest absolute Gasteiger partial charge is 0.193 e. The number of nitrogens with one attached hydrogen (secondary N) is 1. The molecular formula is C22H34IN5O. The highest BCUT2D eigenvalue weighted by atomic mass is 127. The summed E-state index contributed by atoms with van der Waals surface area (Å²) in [7, 11) is 0. The van der Waals surface area contributed by atoms with Crippen molar-refractivity contribution in [3.63, 3.8) is 0 Å². The molecule has 1 fully saturated rings. The summed E-state index contributed by atoms with van der Waals surface area (Å²) >= 11 is 0. The Kier molecular flexibility index (Phi) is 9.76. The van der Waals surface area contributed by atoms with Gasteiger partial charge < -0.3 is 19.5 Å². The highest BCUT2D eigenvalue weighted by molar-refractivity contribution is 14.0. The number of benzene rings is 1. The largest absolute Gasteiger partial charge is 0.494 e. The third-order valence-corrected chi connectivity index (χ3v) is 5.33. The SMILES string of the molecule is CCNC(=NCCc1cccc(OCC)c1)N1CCC(C)C(n2ccnc2)C1.I. The molecule has 29 heavy (non-hydrogen) atoms. The predicted octanol–water partition coefficient (Wildman–Crippen LogP) is 3.99. The summed E-state index contributed by atoms with van der Waals surface area (Å²) in [6, 6.07) is 8.75. The van der Waals surface area contributed by atoms with Crippen molar-refractivity contribution in [1.82, 2.24) is 19.8 Å². The highest BCUT2D eigenvalue weighted by Gasteiger charge is 2.28. The van der Waals surface area contributed by atoms with Crippen LogP contribution < -0.4 is 10.1 Å². The van der Waals surface area contributed by atoms with Crippen molar-refractivity contribution in [3.05, 3.63) is 48.5 Å². The standard InChI is InChI=1S/C22H33N5O.HI/c1-4-24-22(25-11-9-19-7-6-8-20(15-19)28-5-2)26-13-10-18(3)21(16-26)27-14-12-23-17-27;/h6-8,12,14-15,17-18,21H,4-5,9-11,13,16H2,1-3H3,(H,24,25);1H. The van der Waals surface area contributed by atoms with Crippen LogP contribution in [-0.4, -0.2) is 53.2 Å². The number of hydrogen-bond acceptors (Lipinski definition) is 3. The summed E-state index contributed by atoms with van der Waals surface area (Å²) in [6.07, 6.45) is 7.93. The molecule has 3 rings (SSSR count). The third kappa shape index (κ3) is 6.62. The van der Waals surface area contributed by atoms with Gasteiger partial charge in [-0.25, -0.2) is 4.98 Å². The first-order chi connectivity index (χ1) is 13.7. The lowest BCUT2D eigenvalue weighted by atomic mass is 9.93. The Labute approximate surface area is 191 Å². The molecule has 0 amide bonds. The summed E-state index contributed by atoms with van der Waals surface area (Å²) in [5.41, 5.74) is 1.26. The van der Waals surface area contributed by atoms with E-state index in [4.69, 9.17) is 9.73 Å². The zero-order valence-electron chi connectivity index (χ0n) is 17.8. The maximum atomic E-state index is 5.60. The maximum Gasteiger partial charge on any atom is 0.193 e. The molecule has 1 aromatic carbocycles. The van der Waals surface area contributed by atoms with E-state index in [2.05, 4.69) is 58.0 Å². The van der Waals surface area contributed by atoms with Crippen LogP contribution in [0.3, 0.4) is 0 Å². The number of likely N-dealkylation sites (tertiary alicyclic amines) is 1. The van der Waals surface area contributed by atoms with E-state index in [9.17, 15) is 0 Å². The molecule has 0 spiro atoms. The summed E-state index contributed by atoms with van der Waals surface area (Å²) in [5, 5.41) is 3.48. The molecule has 0 radical (unpaired) electrons. The topological polar surface area (TPSA) is 54.7 Å². The molecule has 1 aromatic heterocycles. The molecule has 1 aliphatic rings. The van der Waals surface area contributed by atoms with Crippen LogP contribution in [0.5, 0.6) is 5.75 Å². The Balaban J connectivity index is 0.00000300. The average molecular weight is 511 g/mol. The fourth-order valence-corrected chi connectivity index (χ4v) is 3.77. The highest BCUT2D eigenvalue weighted by Crippen LogP contribution is 2.27. The first kappa shape index (κ1) is 23.5. The Morgan fingerprint density at radius 2 is 2.21 bits per heavy atom. The van der Waals surface area contributed by atoms with Gasteiger partial charge in [-0.1, -0.05) is 19.1 Å². The molecule has 2 aromatic rings. The molecule has 7 heteroatoms. The molecular weight excluding hydrogens is 477 g/mol. The number of piperidine rings is 1. The van der Waals surface area contributed by atoms with Crippen LogP contribution in [0.2, 0.25) is 0 Å². The predicted molar refractivity (Wildman–Crippen MR) is 129 cm³/mol. The molecule has 6 nitrogen and oxygen atoms in total. The lowest BCUT2D eigenvalue weighted by Crippen LogP contribution is -2.49.